The number of amides is 1. The van der Waals surface area contributed by atoms with Crippen LogP contribution in [0, 0.1) is 29.3 Å². The number of anilines is 1. The van der Waals surface area contributed by atoms with E-state index in [1.54, 1.807) is 0 Å². The van der Waals surface area contributed by atoms with Gasteiger partial charge in [-0.3, -0.25) is 4.79 Å². The standard InChI is InChI=1S/C13H17F3N2O/c1-7(2)3-8(6-17)13(19)18-12-10(15)4-9(14)5-11(12)16/h4-5,7-8H,3,6,17H2,1-2H3,(H,18,19). The molecule has 0 radical (unpaired) electrons. The maximum absolute atomic E-state index is 13.4. The lowest BCUT2D eigenvalue weighted by atomic mass is 9.96. The SMILES string of the molecule is CC(C)CC(CN)C(=O)Nc1c(F)cc(F)cc1F. The molecule has 6 heteroatoms. The van der Waals surface area contributed by atoms with Crippen molar-refractivity contribution in [3.05, 3.63) is 29.6 Å². The van der Waals surface area contributed by atoms with Crippen LogP contribution in [0.2, 0.25) is 0 Å². The molecule has 0 bridgehead atoms. The monoisotopic (exact) mass is 274 g/mol. The molecule has 0 heterocycles. The summed E-state index contributed by atoms with van der Waals surface area (Å²) in [7, 11) is 0. The zero-order valence-electron chi connectivity index (χ0n) is 10.8. The van der Waals surface area contributed by atoms with Crippen LogP contribution >= 0.6 is 0 Å². The Hall–Kier alpha value is -1.56. The second-order valence-corrected chi connectivity index (χ2v) is 4.80. The third kappa shape index (κ3) is 4.24. The number of nitrogens with one attached hydrogen (secondary N) is 1. The lowest BCUT2D eigenvalue weighted by Crippen LogP contribution is -2.31. The number of benzene rings is 1. The van der Waals surface area contributed by atoms with E-state index in [-0.39, 0.29) is 12.5 Å². The fraction of sp³-hybridized carbons (Fsp3) is 0.462. The largest absolute Gasteiger partial charge is 0.330 e. The molecule has 3 N–H and O–H groups in total. The van der Waals surface area contributed by atoms with E-state index < -0.39 is 35.0 Å². The first kappa shape index (κ1) is 15.5. The van der Waals surface area contributed by atoms with Crippen LogP contribution in [0.1, 0.15) is 20.3 Å². The minimum absolute atomic E-state index is 0.0778. The van der Waals surface area contributed by atoms with Crippen LogP contribution in [-0.4, -0.2) is 12.5 Å². The molecule has 0 saturated carbocycles. The first-order valence-corrected chi connectivity index (χ1v) is 6.00. The van der Waals surface area contributed by atoms with Gasteiger partial charge in [-0.25, -0.2) is 13.2 Å². The van der Waals surface area contributed by atoms with Gasteiger partial charge in [0.2, 0.25) is 5.91 Å². The second-order valence-electron chi connectivity index (χ2n) is 4.80. The molecule has 0 aromatic heterocycles. The molecule has 106 valence electrons. The third-order valence-corrected chi connectivity index (χ3v) is 2.67. The van der Waals surface area contributed by atoms with Crippen LogP contribution in [0.25, 0.3) is 0 Å². The van der Waals surface area contributed by atoms with E-state index in [1.807, 2.05) is 13.8 Å². The molecule has 1 rings (SSSR count). The van der Waals surface area contributed by atoms with Crippen LogP contribution in [0.4, 0.5) is 18.9 Å². The summed E-state index contributed by atoms with van der Waals surface area (Å²) >= 11 is 0. The molecule has 0 spiro atoms. The smallest absolute Gasteiger partial charge is 0.228 e. The van der Waals surface area contributed by atoms with Gasteiger partial charge in [-0.15, -0.1) is 0 Å². The van der Waals surface area contributed by atoms with Gasteiger partial charge in [0, 0.05) is 18.7 Å². The predicted molar refractivity (Wildman–Crippen MR) is 66.9 cm³/mol. The molecular formula is C13H17F3N2O. The zero-order valence-corrected chi connectivity index (χ0v) is 10.8. The van der Waals surface area contributed by atoms with Crippen molar-refractivity contribution in [3.8, 4) is 0 Å². The molecule has 1 atom stereocenters. The normalized spacial score (nSPS) is 12.6. The minimum Gasteiger partial charge on any atom is -0.330 e. The van der Waals surface area contributed by atoms with Crippen molar-refractivity contribution in [1.82, 2.24) is 0 Å². The fourth-order valence-electron chi connectivity index (χ4n) is 1.77. The lowest BCUT2D eigenvalue weighted by molar-refractivity contribution is -0.120. The Labute approximate surface area is 110 Å². The van der Waals surface area contributed by atoms with Crippen LogP contribution in [0.15, 0.2) is 12.1 Å². The molecule has 19 heavy (non-hydrogen) atoms. The van der Waals surface area contributed by atoms with Crippen molar-refractivity contribution in [2.75, 3.05) is 11.9 Å². The van der Waals surface area contributed by atoms with Crippen LogP contribution in [-0.2, 0) is 4.79 Å². The van der Waals surface area contributed by atoms with Crippen molar-refractivity contribution in [2.24, 2.45) is 17.6 Å². The number of halogens is 3. The highest BCUT2D eigenvalue weighted by molar-refractivity contribution is 5.92. The van der Waals surface area contributed by atoms with Gasteiger partial charge in [0.1, 0.15) is 11.5 Å². The maximum atomic E-state index is 13.4. The summed E-state index contributed by atoms with van der Waals surface area (Å²) in [4.78, 5) is 11.9. The molecule has 0 aliphatic rings. The molecule has 0 saturated heterocycles. The van der Waals surface area contributed by atoms with Crippen LogP contribution < -0.4 is 11.1 Å². The number of hydrogen-bond acceptors (Lipinski definition) is 2. The molecule has 3 nitrogen and oxygen atoms in total. The highest BCUT2D eigenvalue weighted by Gasteiger charge is 2.21. The van der Waals surface area contributed by atoms with Crippen LogP contribution in [0.5, 0.6) is 0 Å². The molecule has 0 aliphatic heterocycles. The lowest BCUT2D eigenvalue weighted by Gasteiger charge is -2.17. The Morgan fingerprint density at radius 2 is 1.79 bits per heavy atom. The van der Waals surface area contributed by atoms with Gasteiger partial charge in [-0.05, 0) is 12.3 Å². The summed E-state index contributed by atoms with van der Waals surface area (Å²) in [5.41, 5.74) is 4.82. The Morgan fingerprint density at radius 1 is 1.26 bits per heavy atom. The summed E-state index contributed by atoms with van der Waals surface area (Å²) < 4.78 is 39.5. The topological polar surface area (TPSA) is 55.1 Å². The Morgan fingerprint density at radius 3 is 2.21 bits per heavy atom. The number of nitrogens with two attached hydrogens (primary N) is 1. The zero-order chi connectivity index (χ0) is 14.6. The summed E-state index contributed by atoms with van der Waals surface area (Å²) in [6.07, 6.45) is 0.507. The Kier molecular flexibility index (Phi) is 5.35. The van der Waals surface area contributed by atoms with Gasteiger partial charge in [-0.2, -0.15) is 0 Å². The Bertz CT molecular complexity index is 440. The van der Waals surface area contributed by atoms with E-state index in [9.17, 15) is 18.0 Å². The molecule has 1 amide bonds. The summed E-state index contributed by atoms with van der Waals surface area (Å²) in [6.45, 7) is 3.90. The van der Waals surface area contributed by atoms with E-state index in [0.717, 1.165) is 0 Å². The molecule has 0 fully saturated rings. The minimum atomic E-state index is -1.15. The third-order valence-electron chi connectivity index (χ3n) is 2.67. The number of carbonyl (C=O) groups excluding carboxylic acids is 1. The second kappa shape index (κ2) is 6.56. The first-order chi connectivity index (χ1) is 8.85. The highest BCUT2D eigenvalue weighted by Crippen LogP contribution is 2.21. The van der Waals surface area contributed by atoms with Gasteiger partial charge in [0.25, 0.3) is 0 Å². The van der Waals surface area contributed by atoms with Crippen molar-refractivity contribution < 1.29 is 18.0 Å². The average molecular weight is 274 g/mol. The van der Waals surface area contributed by atoms with E-state index in [0.29, 0.717) is 18.6 Å². The number of rotatable bonds is 5. The van der Waals surface area contributed by atoms with Gasteiger partial charge in [0.05, 0.1) is 5.92 Å². The van der Waals surface area contributed by atoms with Crippen molar-refractivity contribution in [1.29, 1.82) is 0 Å². The quantitative estimate of drug-likeness (QED) is 0.867. The summed E-state index contributed by atoms with van der Waals surface area (Å²) in [5.74, 6) is -4.21. The van der Waals surface area contributed by atoms with Crippen molar-refractivity contribution >= 4 is 11.6 Å². The van der Waals surface area contributed by atoms with E-state index in [4.69, 9.17) is 5.73 Å². The fourth-order valence-corrected chi connectivity index (χ4v) is 1.77. The van der Waals surface area contributed by atoms with Crippen molar-refractivity contribution in [2.45, 2.75) is 20.3 Å². The molecule has 0 aliphatic carbocycles. The van der Waals surface area contributed by atoms with E-state index in [1.165, 1.54) is 0 Å². The molecular weight excluding hydrogens is 257 g/mol. The van der Waals surface area contributed by atoms with E-state index >= 15 is 0 Å². The number of carbonyl (C=O) groups is 1. The van der Waals surface area contributed by atoms with Gasteiger partial charge >= 0.3 is 0 Å². The van der Waals surface area contributed by atoms with Gasteiger partial charge < -0.3 is 11.1 Å². The maximum Gasteiger partial charge on any atom is 0.228 e. The molecule has 1 unspecified atom stereocenters. The molecule has 1 aromatic carbocycles. The first-order valence-electron chi connectivity index (χ1n) is 6.00. The van der Waals surface area contributed by atoms with Crippen molar-refractivity contribution in [3.63, 3.8) is 0 Å². The average Bonchev–Trinajstić information content (AvgIpc) is 2.30. The number of hydrogen-bond donors (Lipinski definition) is 2. The van der Waals surface area contributed by atoms with Crippen LogP contribution in [0.3, 0.4) is 0 Å². The summed E-state index contributed by atoms with van der Waals surface area (Å²) in [5, 5.41) is 2.13. The Balaban J connectivity index is 2.87. The van der Waals surface area contributed by atoms with E-state index in [2.05, 4.69) is 5.32 Å². The summed E-state index contributed by atoms with van der Waals surface area (Å²) in [6, 6.07) is 1.02. The molecule has 1 aromatic rings. The highest BCUT2D eigenvalue weighted by atomic mass is 19.1. The van der Waals surface area contributed by atoms with Gasteiger partial charge in [0.15, 0.2) is 11.6 Å². The van der Waals surface area contributed by atoms with Gasteiger partial charge in [-0.1, -0.05) is 13.8 Å². The predicted octanol–water partition coefficient (Wildman–Crippen LogP) is 2.66.